The molecule has 2 aliphatic rings. The van der Waals surface area contributed by atoms with E-state index < -0.39 is 42.2 Å². The first-order valence-corrected chi connectivity index (χ1v) is 20.8. The van der Waals surface area contributed by atoms with Gasteiger partial charge < -0.3 is 9.47 Å². The van der Waals surface area contributed by atoms with Crippen molar-refractivity contribution >= 4 is 49.4 Å². The smallest absolute Gasteiger partial charge is 0.411 e. The summed E-state index contributed by atoms with van der Waals surface area (Å²) in [6.07, 6.45) is -1.77. The van der Waals surface area contributed by atoms with Gasteiger partial charge in [-0.25, -0.2) is 9.59 Å². The van der Waals surface area contributed by atoms with E-state index in [1.54, 1.807) is 0 Å². The molecule has 2 amide bonds. The highest BCUT2D eigenvalue weighted by molar-refractivity contribution is 7.86. The second-order valence-electron chi connectivity index (χ2n) is 13.8. The standard InChI is InChI=1S/C44H34N2O10S2/c1-26(29-20-18-27(22-41(29)57(49,50)51)45-43(47)55-24-39-35-14-6-2-10-31(35)32-11-3-7-15-36(32)39)30-21-19-28(23-42(30)58(52,53)54)46-44(48)56-25-40-37-16-8-4-12-33(37)34-13-5-9-17-38(34)40/h2-23,39-40H,1,24-25H2,(H,45,47)(H,46,48)(H,49,50,51)(H,52,53,54). The van der Waals surface area contributed by atoms with Crippen LogP contribution in [0.15, 0.2) is 150 Å². The minimum absolute atomic E-state index is 0.00946. The summed E-state index contributed by atoms with van der Waals surface area (Å²) in [5.41, 5.74) is 7.36. The van der Waals surface area contributed by atoms with Crippen LogP contribution in [0.3, 0.4) is 0 Å². The van der Waals surface area contributed by atoms with E-state index in [1.165, 1.54) is 24.3 Å². The van der Waals surface area contributed by atoms with E-state index in [1.807, 2.05) is 97.1 Å². The number of hydrogen-bond donors (Lipinski definition) is 4. The van der Waals surface area contributed by atoms with E-state index in [-0.39, 0.29) is 53.1 Å². The molecule has 0 heterocycles. The van der Waals surface area contributed by atoms with Crippen LogP contribution in [0, 0.1) is 0 Å². The van der Waals surface area contributed by atoms with Crippen molar-refractivity contribution in [1.29, 1.82) is 0 Å². The molecule has 8 rings (SSSR count). The summed E-state index contributed by atoms with van der Waals surface area (Å²) < 4.78 is 82.2. The first kappa shape index (κ1) is 38.3. The minimum atomic E-state index is -5.00. The molecule has 0 bridgehead atoms. The maximum absolute atomic E-state index is 13.0. The van der Waals surface area contributed by atoms with Crippen molar-refractivity contribution < 1.29 is 45.0 Å². The highest BCUT2D eigenvalue weighted by atomic mass is 32.2. The topological polar surface area (TPSA) is 185 Å². The van der Waals surface area contributed by atoms with E-state index in [0.29, 0.717) is 0 Å². The van der Waals surface area contributed by atoms with E-state index in [0.717, 1.165) is 56.6 Å². The Kier molecular flexibility index (Phi) is 9.95. The number of hydrogen-bond acceptors (Lipinski definition) is 8. The summed E-state index contributed by atoms with van der Waals surface area (Å²) >= 11 is 0. The van der Waals surface area contributed by atoms with Crippen molar-refractivity contribution in [2.24, 2.45) is 0 Å². The summed E-state index contributed by atoms with van der Waals surface area (Å²) in [5.74, 6) is -0.454. The minimum Gasteiger partial charge on any atom is -0.448 e. The Morgan fingerprint density at radius 2 is 0.828 bits per heavy atom. The van der Waals surface area contributed by atoms with E-state index in [9.17, 15) is 35.5 Å². The van der Waals surface area contributed by atoms with Crippen LogP contribution in [0.5, 0.6) is 0 Å². The molecule has 0 unspecified atom stereocenters. The Morgan fingerprint density at radius 3 is 1.14 bits per heavy atom. The lowest BCUT2D eigenvalue weighted by Crippen LogP contribution is -2.18. The predicted octanol–water partition coefficient (Wildman–Crippen LogP) is 8.96. The molecule has 58 heavy (non-hydrogen) atoms. The fourth-order valence-corrected chi connectivity index (χ4v) is 9.27. The third kappa shape index (κ3) is 7.37. The van der Waals surface area contributed by atoms with Crippen molar-refractivity contribution in [1.82, 2.24) is 0 Å². The number of fused-ring (bicyclic) bond motifs is 6. The first-order chi connectivity index (χ1) is 27.8. The normalized spacial score (nSPS) is 13.1. The number of rotatable bonds is 10. The third-order valence-electron chi connectivity index (χ3n) is 10.3. The van der Waals surface area contributed by atoms with Crippen LogP contribution in [0.4, 0.5) is 21.0 Å². The van der Waals surface area contributed by atoms with Crippen molar-refractivity contribution in [2.75, 3.05) is 23.8 Å². The molecule has 14 heteroatoms. The second-order valence-corrected chi connectivity index (χ2v) is 16.5. The zero-order valence-corrected chi connectivity index (χ0v) is 32.1. The Labute approximate surface area is 334 Å². The monoisotopic (exact) mass is 814 g/mol. The van der Waals surface area contributed by atoms with Crippen molar-refractivity contribution in [3.05, 3.63) is 173 Å². The Bertz CT molecular complexity index is 2610. The van der Waals surface area contributed by atoms with Gasteiger partial charge in [-0.2, -0.15) is 16.8 Å². The first-order valence-electron chi connectivity index (χ1n) is 17.9. The van der Waals surface area contributed by atoms with E-state index in [2.05, 4.69) is 17.2 Å². The number of benzene rings is 6. The van der Waals surface area contributed by atoms with Gasteiger partial charge in [-0.05, 0) is 74.3 Å². The Morgan fingerprint density at radius 1 is 0.517 bits per heavy atom. The quantitative estimate of drug-likeness (QED) is 0.0973. The van der Waals surface area contributed by atoms with Crippen LogP contribution in [0.25, 0.3) is 27.8 Å². The number of amides is 2. The van der Waals surface area contributed by atoms with Gasteiger partial charge in [0.15, 0.2) is 0 Å². The molecule has 6 aromatic rings. The van der Waals surface area contributed by atoms with Crippen LogP contribution in [0.1, 0.15) is 45.2 Å². The number of nitrogens with one attached hydrogen (secondary N) is 2. The van der Waals surface area contributed by atoms with Crippen LogP contribution >= 0.6 is 0 Å². The molecule has 0 atom stereocenters. The SMILES string of the molecule is C=C(c1ccc(NC(=O)OCC2c3ccccc3-c3ccccc32)cc1S(=O)(=O)O)c1ccc(NC(=O)OCC2c3ccccc3-c3ccccc32)cc1S(=O)(=O)O. The molecule has 0 radical (unpaired) electrons. The molecule has 292 valence electrons. The lowest BCUT2D eigenvalue weighted by Gasteiger charge is -2.17. The highest BCUT2D eigenvalue weighted by Gasteiger charge is 2.31. The molecular weight excluding hydrogens is 781 g/mol. The van der Waals surface area contributed by atoms with Gasteiger partial charge in [0.1, 0.15) is 23.0 Å². The summed E-state index contributed by atoms with van der Waals surface area (Å²) in [6, 6.07) is 38.2. The average molecular weight is 815 g/mol. The summed E-state index contributed by atoms with van der Waals surface area (Å²) in [7, 11) is -10.00. The Balaban J connectivity index is 0.978. The lowest BCUT2D eigenvalue weighted by atomic mass is 9.98. The van der Waals surface area contributed by atoms with E-state index >= 15 is 0 Å². The number of carbonyl (C=O) groups is 2. The molecule has 12 nitrogen and oxygen atoms in total. The molecule has 4 N–H and O–H groups in total. The van der Waals surface area contributed by atoms with Gasteiger partial charge in [-0.1, -0.05) is 116 Å². The van der Waals surface area contributed by atoms with Gasteiger partial charge in [0.05, 0.1) is 0 Å². The van der Waals surface area contributed by atoms with Crippen LogP contribution in [-0.4, -0.2) is 51.3 Å². The van der Waals surface area contributed by atoms with Gasteiger partial charge in [-0.15, -0.1) is 0 Å². The molecule has 0 saturated carbocycles. The number of ether oxygens (including phenoxy) is 2. The molecule has 0 aliphatic heterocycles. The number of anilines is 2. The van der Waals surface area contributed by atoms with Crippen LogP contribution < -0.4 is 10.6 Å². The maximum atomic E-state index is 13.0. The van der Waals surface area contributed by atoms with Crippen LogP contribution in [-0.2, 0) is 29.7 Å². The summed E-state index contributed by atoms with van der Waals surface area (Å²) in [5, 5.41) is 4.95. The van der Waals surface area contributed by atoms with Gasteiger partial charge in [-0.3, -0.25) is 19.7 Å². The maximum Gasteiger partial charge on any atom is 0.411 e. The zero-order chi connectivity index (χ0) is 40.8. The second kappa shape index (κ2) is 15.1. The molecule has 2 aliphatic carbocycles. The van der Waals surface area contributed by atoms with Crippen molar-refractivity contribution in [3.8, 4) is 22.3 Å². The van der Waals surface area contributed by atoms with Gasteiger partial charge in [0.25, 0.3) is 20.2 Å². The molecule has 0 fully saturated rings. The van der Waals surface area contributed by atoms with Gasteiger partial charge >= 0.3 is 12.2 Å². The third-order valence-corrected chi connectivity index (χ3v) is 12.1. The largest absolute Gasteiger partial charge is 0.448 e. The lowest BCUT2D eigenvalue weighted by molar-refractivity contribution is 0.157. The van der Waals surface area contributed by atoms with Crippen LogP contribution in [0.2, 0.25) is 0 Å². The summed E-state index contributed by atoms with van der Waals surface area (Å²) in [6.45, 7) is 3.85. The highest BCUT2D eigenvalue weighted by Crippen LogP contribution is 2.46. The molecule has 0 aromatic heterocycles. The van der Waals surface area contributed by atoms with Crippen molar-refractivity contribution in [2.45, 2.75) is 21.6 Å². The van der Waals surface area contributed by atoms with Gasteiger partial charge in [0, 0.05) is 34.3 Å². The molecule has 6 aromatic carbocycles. The molecule has 0 saturated heterocycles. The van der Waals surface area contributed by atoms with Crippen molar-refractivity contribution in [3.63, 3.8) is 0 Å². The number of carbonyl (C=O) groups excluding carboxylic acids is 2. The van der Waals surface area contributed by atoms with Gasteiger partial charge in [0.2, 0.25) is 0 Å². The molecule has 0 spiro atoms. The van der Waals surface area contributed by atoms with E-state index in [4.69, 9.17) is 9.47 Å². The Hall–Kier alpha value is -6.58. The fourth-order valence-electron chi connectivity index (χ4n) is 7.78. The summed E-state index contributed by atoms with van der Waals surface area (Å²) in [4.78, 5) is 24.5. The molecular formula is C44H34N2O10S2. The average Bonchev–Trinajstić information content (AvgIpc) is 3.70. The fraction of sp³-hybridized carbons (Fsp3) is 0.0909. The zero-order valence-electron chi connectivity index (χ0n) is 30.5. The predicted molar refractivity (Wildman–Crippen MR) is 218 cm³/mol.